The molecule has 4 aliphatic rings. The number of allylic oxidation sites excluding steroid dienone is 5. The van der Waals surface area contributed by atoms with E-state index >= 15 is 0 Å². The van der Waals surface area contributed by atoms with Gasteiger partial charge in [-0.1, -0.05) is 92.7 Å². The highest BCUT2D eigenvalue weighted by Crippen LogP contribution is 2.60. The van der Waals surface area contributed by atoms with Crippen LogP contribution in [0.3, 0.4) is 0 Å². The fourth-order valence-corrected chi connectivity index (χ4v) is 9.16. The van der Waals surface area contributed by atoms with Gasteiger partial charge in [0.1, 0.15) is 0 Å². The highest BCUT2D eigenvalue weighted by Gasteiger charge is 2.42. The second-order valence-electron chi connectivity index (χ2n) is 14.7. The van der Waals surface area contributed by atoms with Crippen molar-refractivity contribution in [1.29, 1.82) is 0 Å². The molecule has 48 heavy (non-hydrogen) atoms. The smallest absolute Gasteiger partial charge is 0.0569 e. The average Bonchev–Trinajstić information content (AvgIpc) is 3.31. The summed E-state index contributed by atoms with van der Waals surface area (Å²) in [6.07, 6.45) is 11.2. The number of para-hydroxylation sites is 2. The Balaban J connectivity index is 1.47. The van der Waals surface area contributed by atoms with Gasteiger partial charge in [0.2, 0.25) is 0 Å². The lowest BCUT2D eigenvalue weighted by atomic mass is 9.73. The summed E-state index contributed by atoms with van der Waals surface area (Å²) >= 11 is 0. The van der Waals surface area contributed by atoms with Gasteiger partial charge in [-0.15, -0.1) is 0 Å². The first-order valence-corrected chi connectivity index (χ1v) is 17.5. The van der Waals surface area contributed by atoms with Crippen molar-refractivity contribution in [3.63, 3.8) is 0 Å². The van der Waals surface area contributed by atoms with Crippen LogP contribution >= 0.6 is 0 Å². The van der Waals surface area contributed by atoms with E-state index in [1.807, 2.05) is 0 Å². The number of anilines is 4. The van der Waals surface area contributed by atoms with Crippen molar-refractivity contribution in [3.05, 3.63) is 153 Å². The molecule has 2 N–H and O–H groups in total. The maximum absolute atomic E-state index is 7.05. The molecule has 2 nitrogen and oxygen atoms in total. The van der Waals surface area contributed by atoms with Crippen LogP contribution in [0.25, 0.3) is 33.9 Å². The number of benzene rings is 5. The van der Waals surface area contributed by atoms with E-state index in [9.17, 15) is 0 Å². The number of rotatable bonds is 2. The fourth-order valence-electron chi connectivity index (χ4n) is 9.16. The quantitative estimate of drug-likeness (QED) is 0.199. The largest absolute Gasteiger partial charge is 0.398 e. The fraction of sp³-hybridized carbons (Fsp3) is 0.217. The van der Waals surface area contributed by atoms with E-state index in [4.69, 9.17) is 5.73 Å². The summed E-state index contributed by atoms with van der Waals surface area (Å²) in [5, 5.41) is 0. The Bertz CT molecular complexity index is 2310. The van der Waals surface area contributed by atoms with E-state index in [2.05, 4.69) is 143 Å². The predicted molar refractivity (Wildman–Crippen MR) is 205 cm³/mol. The Morgan fingerprint density at radius 3 is 2.31 bits per heavy atom. The van der Waals surface area contributed by atoms with Crippen LogP contribution in [0.15, 0.2) is 97.1 Å². The molecule has 5 aromatic carbocycles. The van der Waals surface area contributed by atoms with E-state index in [-0.39, 0.29) is 5.41 Å². The normalized spacial score (nSPS) is 16.7. The average molecular weight is 623 g/mol. The molecule has 3 aliphatic carbocycles. The molecule has 0 saturated heterocycles. The molecule has 1 heterocycles. The number of fused-ring (bicyclic) bond motifs is 11. The van der Waals surface area contributed by atoms with Crippen LogP contribution in [0.4, 0.5) is 22.7 Å². The van der Waals surface area contributed by atoms with Crippen LogP contribution in [-0.2, 0) is 11.8 Å². The molecule has 0 amide bonds. The zero-order valence-corrected chi connectivity index (χ0v) is 28.7. The zero-order chi connectivity index (χ0) is 32.9. The van der Waals surface area contributed by atoms with E-state index in [1.165, 1.54) is 101 Å². The number of nitrogens with two attached hydrogens (primary N) is 1. The third kappa shape index (κ3) is 3.99. The van der Waals surface area contributed by atoms with Crippen molar-refractivity contribution in [2.45, 2.75) is 65.7 Å². The Labute approximate surface area is 285 Å². The lowest BCUT2D eigenvalue weighted by Gasteiger charge is -2.38. The minimum Gasteiger partial charge on any atom is -0.398 e. The molecule has 236 valence electrons. The molecule has 5 aromatic rings. The van der Waals surface area contributed by atoms with Crippen LogP contribution in [0, 0.1) is 20.8 Å². The summed E-state index contributed by atoms with van der Waals surface area (Å²) < 4.78 is 0. The molecule has 0 radical (unpaired) electrons. The van der Waals surface area contributed by atoms with Crippen LogP contribution in [0.2, 0.25) is 0 Å². The zero-order valence-electron chi connectivity index (χ0n) is 28.7. The van der Waals surface area contributed by atoms with E-state index in [0.29, 0.717) is 0 Å². The van der Waals surface area contributed by atoms with Gasteiger partial charge in [-0.2, -0.15) is 0 Å². The van der Waals surface area contributed by atoms with Gasteiger partial charge in [-0.3, -0.25) is 0 Å². The second-order valence-corrected chi connectivity index (χ2v) is 14.7. The number of aryl methyl sites for hydroxylation is 3. The SMILES string of the molecule is Cc1ccccc1N1c2cc3c(c(c2C)C2=CCCC(c4cc5c(cc4N)CCC=C5)=C2c2cccc(C)c21)-c1ccccc1C3(C)C. The Kier molecular flexibility index (Phi) is 6.34. The minimum atomic E-state index is -0.133. The molecule has 0 atom stereocenters. The number of hydrogen-bond donors (Lipinski definition) is 1. The first-order valence-electron chi connectivity index (χ1n) is 17.5. The summed E-state index contributed by atoms with van der Waals surface area (Å²) in [6, 6.07) is 32.0. The van der Waals surface area contributed by atoms with Crippen LogP contribution in [0.5, 0.6) is 0 Å². The van der Waals surface area contributed by atoms with Crippen molar-refractivity contribution in [3.8, 4) is 11.1 Å². The monoisotopic (exact) mass is 622 g/mol. The third-order valence-corrected chi connectivity index (χ3v) is 11.5. The van der Waals surface area contributed by atoms with Gasteiger partial charge in [-0.25, -0.2) is 0 Å². The standard InChI is InChI=1S/C46H42N2/c1-27-14-6-11-23-40(27)48-41-26-38-44(33-18-9-10-22-37(33)46(38,4)5)42(29(41)3)34-20-13-19-32(43(34)35-21-12-15-28(2)45(35)48)36-24-30-16-7-8-17-31(30)25-39(36)47/h6-7,9-12,14-16,18,20-26H,8,13,17,19,47H2,1-5H3. The van der Waals surface area contributed by atoms with Gasteiger partial charge in [0.05, 0.1) is 11.4 Å². The van der Waals surface area contributed by atoms with Gasteiger partial charge < -0.3 is 10.6 Å². The van der Waals surface area contributed by atoms with E-state index in [1.54, 1.807) is 0 Å². The molecule has 1 aliphatic heterocycles. The molecule has 2 bridgehead atoms. The molecule has 0 fully saturated rings. The number of hydrogen-bond acceptors (Lipinski definition) is 2. The maximum Gasteiger partial charge on any atom is 0.0569 e. The van der Waals surface area contributed by atoms with Crippen LogP contribution < -0.4 is 10.6 Å². The summed E-state index contributed by atoms with van der Waals surface area (Å²) in [5.41, 5.74) is 31.5. The molecule has 0 aromatic heterocycles. The topological polar surface area (TPSA) is 29.3 Å². The third-order valence-electron chi connectivity index (χ3n) is 11.5. The molecular weight excluding hydrogens is 581 g/mol. The lowest BCUT2D eigenvalue weighted by molar-refractivity contribution is 0.660. The van der Waals surface area contributed by atoms with Gasteiger partial charge >= 0.3 is 0 Å². The Morgan fingerprint density at radius 1 is 0.688 bits per heavy atom. The van der Waals surface area contributed by atoms with E-state index < -0.39 is 0 Å². The Hall–Kier alpha value is -5.08. The predicted octanol–water partition coefficient (Wildman–Crippen LogP) is 12.0. The highest BCUT2D eigenvalue weighted by atomic mass is 15.2. The molecule has 0 spiro atoms. The Morgan fingerprint density at radius 2 is 1.46 bits per heavy atom. The first kappa shape index (κ1) is 29.1. The summed E-state index contributed by atoms with van der Waals surface area (Å²) in [5.74, 6) is 0. The molecule has 0 saturated carbocycles. The van der Waals surface area contributed by atoms with Crippen molar-refractivity contribution >= 4 is 45.5 Å². The molecular formula is C46H42N2. The molecule has 9 rings (SSSR count). The number of nitrogen functional groups attached to an aromatic ring is 1. The second kappa shape index (κ2) is 10.5. The van der Waals surface area contributed by atoms with Crippen molar-refractivity contribution in [1.82, 2.24) is 0 Å². The van der Waals surface area contributed by atoms with E-state index in [0.717, 1.165) is 31.4 Å². The minimum absolute atomic E-state index is 0.133. The molecule has 0 unspecified atom stereocenters. The highest BCUT2D eigenvalue weighted by molar-refractivity contribution is 6.22. The van der Waals surface area contributed by atoms with Gasteiger partial charge in [-0.05, 0) is 143 Å². The first-order chi connectivity index (χ1) is 23.3. The van der Waals surface area contributed by atoms with Crippen molar-refractivity contribution < 1.29 is 0 Å². The molecule has 2 heteroatoms. The van der Waals surface area contributed by atoms with Crippen LogP contribution in [-0.4, -0.2) is 0 Å². The van der Waals surface area contributed by atoms with Gasteiger partial charge in [0, 0.05) is 27.9 Å². The summed E-state index contributed by atoms with van der Waals surface area (Å²) in [6.45, 7) is 11.7. The summed E-state index contributed by atoms with van der Waals surface area (Å²) in [4.78, 5) is 2.58. The van der Waals surface area contributed by atoms with Crippen molar-refractivity contribution in [2.75, 3.05) is 10.6 Å². The van der Waals surface area contributed by atoms with Gasteiger partial charge in [0.15, 0.2) is 0 Å². The van der Waals surface area contributed by atoms with Gasteiger partial charge in [0.25, 0.3) is 0 Å². The van der Waals surface area contributed by atoms with Crippen molar-refractivity contribution in [2.24, 2.45) is 0 Å². The lowest BCUT2D eigenvalue weighted by Crippen LogP contribution is -2.22. The van der Waals surface area contributed by atoms with Crippen LogP contribution in [0.1, 0.15) is 88.7 Å². The summed E-state index contributed by atoms with van der Waals surface area (Å²) in [7, 11) is 0. The maximum atomic E-state index is 7.05. The number of nitrogens with zero attached hydrogens (tertiary/aromatic N) is 1.